The van der Waals surface area contributed by atoms with Crippen molar-refractivity contribution in [2.75, 3.05) is 27.2 Å². The Bertz CT molecular complexity index is 896. The van der Waals surface area contributed by atoms with Crippen LogP contribution >= 0.6 is 0 Å². The van der Waals surface area contributed by atoms with Crippen molar-refractivity contribution in [1.82, 2.24) is 15.1 Å². The Kier molecular flexibility index (Phi) is 5.69. The molecular weight excluding hydrogens is 369 g/mol. The zero-order valence-corrected chi connectivity index (χ0v) is 16.1. The van der Waals surface area contributed by atoms with Crippen molar-refractivity contribution in [2.24, 2.45) is 10.9 Å². The number of likely N-dealkylation sites (tertiary alicyclic amines) is 1. The van der Waals surface area contributed by atoms with E-state index < -0.39 is 17.5 Å². The van der Waals surface area contributed by atoms with Crippen LogP contribution in [0.5, 0.6) is 5.75 Å². The van der Waals surface area contributed by atoms with Crippen molar-refractivity contribution in [3.05, 3.63) is 41.1 Å². The van der Waals surface area contributed by atoms with E-state index in [-0.39, 0.29) is 11.5 Å². The summed E-state index contributed by atoms with van der Waals surface area (Å²) in [5, 5.41) is 18.6. The van der Waals surface area contributed by atoms with E-state index in [1.165, 1.54) is 6.07 Å². The highest BCUT2D eigenvalue weighted by atomic mass is 19.4. The number of piperidine rings is 1. The highest BCUT2D eigenvalue weighted by molar-refractivity contribution is 6.01. The van der Waals surface area contributed by atoms with Gasteiger partial charge in [0.25, 0.3) is 0 Å². The molecule has 5 nitrogen and oxygen atoms in total. The average Bonchev–Trinajstić information content (AvgIpc) is 2.62. The Labute approximate surface area is 161 Å². The molecule has 3 rings (SSSR count). The van der Waals surface area contributed by atoms with Gasteiger partial charge in [0.15, 0.2) is 0 Å². The van der Waals surface area contributed by atoms with Crippen molar-refractivity contribution >= 4 is 5.71 Å². The van der Waals surface area contributed by atoms with Gasteiger partial charge < -0.3 is 10.0 Å². The Hall–Kier alpha value is -2.48. The van der Waals surface area contributed by atoms with Crippen LogP contribution in [0.3, 0.4) is 0 Å². The van der Waals surface area contributed by atoms with Crippen LogP contribution < -0.4 is 0 Å². The van der Waals surface area contributed by atoms with Crippen LogP contribution in [0, 0.1) is 12.8 Å². The number of hydrogen-bond acceptors (Lipinski definition) is 5. The van der Waals surface area contributed by atoms with Gasteiger partial charge >= 0.3 is 6.18 Å². The molecule has 2 heterocycles. The first-order chi connectivity index (χ1) is 13.2. The van der Waals surface area contributed by atoms with Gasteiger partial charge in [0.2, 0.25) is 0 Å². The maximum atomic E-state index is 12.8. The molecule has 0 amide bonds. The fraction of sp³-hybridized carbons (Fsp3) is 0.450. The Balaban J connectivity index is 1.92. The SMILES string of the molecule is CN=C(c1cc(C)c(-c2ccc(C(F)(F)F)cc2O)nn1)C1CCCN(C)C1. The van der Waals surface area contributed by atoms with Gasteiger partial charge in [-0.25, -0.2) is 0 Å². The highest BCUT2D eigenvalue weighted by Gasteiger charge is 2.31. The van der Waals surface area contributed by atoms with E-state index in [2.05, 4.69) is 27.1 Å². The van der Waals surface area contributed by atoms with Crippen molar-refractivity contribution in [3.63, 3.8) is 0 Å². The minimum Gasteiger partial charge on any atom is -0.507 e. The van der Waals surface area contributed by atoms with Gasteiger partial charge in [-0.1, -0.05) is 0 Å². The maximum Gasteiger partial charge on any atom is 0.416 e. The quantitative estimate of drug-likeness (QED) is 0.804. The van der Waals surface area contributed by atoms with Crippen molar-refractivity contribution in [2.45, 2.75) is 25.9 Å². The Morgan fingerprint density at radius 3 is 2.57 bits per heavy atom. The molecule has 2 aromatic rings. The van der Waals surface area contributed by atoms with Gasteiger partial charge in [0, 0.05) is 25.1 Å². The topological polar surface area (TPSA) is 61.6 Å². The number of hydrogen-bond donors (Lipinski definition) is 1. The van der Waals surface area contributed by atoms with Crippen molar-refractivity contribution in [1.29, 1.82) is 0 Å². The van der Waals surface area contributed by atoms with E-state index in [1.807, 2.05) is 6.07 Å². The lowest BCUT2D eigenvalue weighted by Crippen LogP contribution is -2.36. The summed E-state index contributed by atoms with van der Waals surface area (Å²) in [6.45, 7) is 3.75. The van der Waals surface area contributed by atoms with E-state index in [1.54, 1.807) is 14.0 Å². The molecule has 1 aromatic carbocycles. The Morgan fingerprint density at radius 2 is 2.00 bits per heavy atom. The fourth-order valence-corrected chi connectivity index (χ4v) is 3.68. The number of halogens is 3. The molecule has 0 bridgehead atoms. The monoisotopic (exact) mass is 392 g/mol. The molecule has 1 fully saturated rings. The molecule has 1 unspecified atom stereocenters. The number of aromatic hydroxyl groups is 1. The van der Waals surface area contributed by atoms with Crippen LogP contribution in [0.15, 0.2) is 29.3 Å². The standard InChI is InChI=1S/C20H23F3N4O/c1-12-9-16(19(24-2)13-5-4-8-27(3)11-13)25-26-18(12)15-7-6-14(10-17(15)28)20(21,22)23/h6-7,9-10,13,28H,4-5,8,11H2,1-3H3. The predicted molar refractivity (Wildman–Crippen MR) is 102 cm³/mol. The summed E-state index contributed by atoms with van der Waals surface area (Å²) in [7, 11) is 3.81. The normalized spacial score (nSPS) is 19.1. The summed E-state index contributed by atoms with van der Waals surface area (Å²) < 4.78 is 38.4. The molecular formula is C20H23F3N4O. The molecule has 1 atom stereocenters. The van der Waals surface area contributed by atoms with E-state index in [0.29, 0.717) is 23.0 Å². The second-order valence-electron chi connectivity index (χ2n) is 7.20. The maximum absolute atomic E-state index is 12.8. The lowest BCUT2D eigenvalue weighted by Gasteiger charge is -2.30. The smallest absolute Gasteiger partial charge is 0.416 e. The molecule has 0 aliphatic carbocycles. The number of nitrogens with zero attached hydrogens (tertiary/aromatic N) is 4. The third kappa shape index (κ3) is 4.16. The molecule has 8 heteroatoms. The molecule has 0 radical (unpaired) electrons. The summed E-state index contributed by atoms with van der Waals surface area (Å²) in [6, 6.07) is 4.69. The van der Waals surface area contributed by atoms with E-state index in [0.717, 1.165) is 37.7 Å². The molecule has 1 aromatic heterocycles. The van der Waals surface area contributed by atoms with Crippen LogP contribution in [-0.2, 0) is 6.18 Å². The summed E-state index contributed by atoms with van der Waals surface area (Å²) in [6.07, 6.45) is -2.40. The minimum atomic E-state index is -4.51. The first kappa shape index (κ1) is 20.3. The number of phenols is 1. The lowest BCUT2D eigenvalue weighted by molar-refractivity contribution is -0.137. The summed E-state index contributed by atoms with van der Waals surface area (Å²) in [5.74, 6) is -0.207. The number of rotatable bonds is 3. The second kappa shape index (κ2) is 7.87. The first-order valence-corrected chi connectivity index (χ1v) is 9.11. The number of aromatic nitrogens is 2. The number of aryl methyl sites for hydroxylation is 1. The van der Waals surface area contributed by atoms with Gasteiger partial charge in [-0.3, -0.25) is 4.99 Å². The minimum absolute atomic E-state index is 0.219. The zero-order chi connectivity index (χ0) is 20.5. The van der Waals surface area contributed by atoms with E-state index in [9.17, 15) is 18.3 Å². The fourth-order valence-electron chi connectivity index (χ4n) is 3.68. The molecule has 0 saturated carbocycles. The average molecular weight is 392 g/mol. The van der Waals surface area contributed by atoms with Gasteiger partial charge in [0.05, 0.1) is 17.0 Å². The molecule has 1 saturated heterocycles. The Morgan fingerprint density at radius 1 is 1.25 bits per heavy atom. The third-order valence-electron chi connectivity index (χ3n) is 5.08. The lowest BCUT2D eigenvalue weighted by atomic mass is 9.91. The molecule has 28 heavy (non-hydrogen) atoms. The number of alkyl halides is 3. The van der Waals surface area contributed by atoms with E-state index >= 15 is 0 Å². The first-order valence-electron chi connectivity index (χ1n) is 9.11. The van der Waals surface area contributed by atoms with Gasteiger partial charge in [-0.15, -0.1) is 10.2 Å². The number of phenolic OH excluding ortho intramolecular Hbond substituents is 1. The van der Waals surface area contributed by atoms with Crippen LogP contribution in [0.1, 0.15) is 29.7 Å². The van der Waals surface area contributed by atoms with Crippen LogP contribution in [-0.4, -0.2) is 53.1 Å². The van der Waals surface area contributed by atoms with Gasteiger partial charge in [0.1, 0.15) is 11.4 Å². The van der Waals surface area contributed by atoms with Crippen LogP contribution in [0.2, 0.25) is 0 Å². The molecule has 1 N–H and O–H groups in total. The summed E-state index contributed by atoms with van der Waals surface area (Å²) in [4.78, 5) is 6.69. The van der Waals surface area contributed by atoms with Crippen molar-refractivity contribution < 1.29 is 18.3 Å². The molecule has 150 valence electrons. The molecule has 1 aliphatic rings. The van der Waals surface area contributed by atoms with E-state index in [4.69, 9.17) is 0 Å². The van der Waals surface area contributed by atoms with Crippen LogP contribution in [0.25, 0.3) is 11.3 Å². The van der Waals surface area contributed by atoms with Crippen molar-refractivity contribution in [3.8, 4) is 17.0 Å². The summed E-state index contributed by atoms with van der Waals surface area (Å²) >= 11 is 0. The zero-order valence-electron chi connectivity index (χ0n) is 16.1. The van der Waals surface area contributed by atoms with Crippen LogP contribution in [0.4, 0.5) is 13.2 Å². The predicted octanol–water partition coefficient (Wildman–Crippen LogP) is 3.94. The van der Waals surface area contributed by atoms with Gasteiger partial charge in [-0.05, 0) is 63.2 Å². The third-order valence-corrected chi connectivity index (χ3v) is 5.08. The molecule has 1 aliphatic heterocycles. The number of benzene rings is 1. The van der Waals surface area contributed by atoms with Gasteiger partial charge in [-0.2, -0.15) is 13.2 Å². The highest BCUT2D eigenvalue weighted by Crippen LogP contribution is 2.36. The summed E-state index contributed by atoms with van der Waals surface area (Å²) in [5.41, 5.74) is 1.92. The largest absolute Gasteiger partial charge is 0.507 e. The second-order valence-corrected chi connectivity index (χ2v) is 7.20. The number of aliphatic imine (C=N–C) groups is 1. The molecule has 0 spiro atoms.